The zero-order chi connectivity index (χ0) is 9.83. The van der Waals surface area contributed by atoms with E-state index >= 15 is 0 Å². The smallest absolute Gasteiger partial charge is 0.185 e. The van der Waals surface area contributed by atoms with E-state index in [1.54, 1.807) is 7.11 Å². The van der Waals surface area contributed by atoms with Crippen LogP contribution in [0.25, 0.3) is 0 Å². The molecule has 1 N–H and O–H groups in total. The van der Waals surface area contributed by atoms with E-state index < -0.39 is 16.4 Å². The third kappa shape index (κ3) is 5.08. The van der Waals surface area contributed by atoms with Gasteiger partial charge in [-0.2, -0.15) is 0 Å². The lowest BCUT2D eigenvalue weighted by atomic mass is 10.9. The topological polar surface area (TPSA) is 29.5 Å². The lowest BCUT2D eigenvalue weighted by molar-refractivity contribution is 0.357. The molecule has 0 unspecified atom stereocenters. The van der Waals surface area contributed by atoms with E-state index in [1.807, 2.05) is 0 Å². The van der Waals surface area contributed by atoms with Crippen molar-refractivity contribution >= 4 is 16.4 Å². The molecule has 0 radical (unpaired) electrons. The van der Waals surface area contributed by atoms with Crippen LogP contribution in [0.1, 0.15) is 0 Å². The van der Waals surface area contributed by atoms with Crippen LogP contribution in [0.15, 0.2) is 0 Å². The maximum atomic E-state index is 9.10. The van der Waals surface area contributed by atoms with Crippen LogP contribution in [0.2, 0.25) is 38.3 Å². The lowest BCUT2D eigenvalue weighted by Gasteiger charge is -2.25. The van der Waals surface area contributed by atoms with E-state index in [9.17, 15) is 0 Å². The summed E-state index contributed by atoms with van der Waals surface area (Å²) in [6.45, 7) is 8.92. The molecular formula is C8H22O2Si2. The Morgan fingerprint density at radius 1 is 1.08 bits per heavy atom. The lowest BCUT2D eigenvalue weighted by Crippen LogP contribution is -2.36. The summed E-state index contributed by atoms with van der Waals surface area (Å²) >= 11 is 0. The fourth-order valence-electron chi connectivity index (χ4n) is 0.821. The Morgan fingerprint density at radius 3 is 1.92 bits per heavy atom. The molecule has 0 aromatic rings. The molecule has 0 aliphatic carbocycles. The van der Waals surface area contributed by atoms with Crippen molar-refractivity contribution in [3.8, 4) is 0 Å². The molecule has 12 heavy (non-hydrogen) atoms. The van der Waals surface area contributed by atoms with Crippen molar-refractivity contribution in [1.29, 1.82) is 0 Å². The molecule has 0 amide bonds. The summed E-state index contributed by atoms with van der Waals surface area (Å²) in [7, 11) is -0.867. The van der Waals surface area contributed by atoms with Crippen molar-refractivity contribution in [2.45, 2.75) is 38.3 Å². The van der Waals surface area contributed by atoms with Gasteiger partial charge in [-0.15, -0.1) is 0 Å². The maximum absolute atomic E-state index is 9.10. The molecule has 0 aliphatic rings. The van der Waals surface area contributed by atoms with E-state index in [1.165, 1.54) is 12.1 Å². The third-order valence-electron chi connectivity index (χ3n) is 2.38. The zero-order valence-electron chi connectivity index (χ0n) is 8.98. The molecule has 0 fully saturated rings. The first kappa shape index (κ1) is 12.4. The first-order valence-corrected chi connectivity index (χ1v) is 11.0. The highest BCUT2D eigenvalue weighted by atomic mass is 28.4. The number of hydrogen-bond donors (Lipinski definition) is 1. The van der Waals surface area contributed by atoms with Crippen LogP contribution in [0.3, 0.4) is 0 Å². The predicted octanol–water partition coefficient (Wildman–Crippen LogP) is 2.08. The molecule has 0 atom stereocenters. The van der Waals surface area contributed by atoms with Crippen molar-refractivity contribution in [3.63, 3.8) is 0 Å². The van der Waals surface area contributed by atoms with E-state index in [2.05, 4.69) is 26.2 Å². The molecule has 0 aliphatic heterocycles. The summed E-state index contributed by atoms with van der Waals surface area (Å²) in [4.78, 5) is 0. The SMILES string of the molecule is CO[Si](C)(C)CC[Si](C)(C)CO. The highest BCUT2D eigenvalue weighted by Crippen LogP contribution is 2.19. The standard InChI is InChI=1S/C8H22O2Si2/c1-10-12(4,5)7-6-11(2,3)8-9/h9H,6-8H2,1-5H3. The summed E-state index contributed by atoms with van der Waals surface area (Å²) in [6, 6.07) is 2.37. The molecular weight excluding hydrogens is 184 g/mol. The Bertz CT molecular complexity index is 119. The highest BCUT2D eigenvalue weighted by molar-refractivity contribution is 6.80. The van der Waals surface area contributed by atoms with Gasteiger partial charge in [0.2, 0.25) is 0 Å². The van der Waals surface area contributed by atoms with Crippen molar-refractivity contribution in [1.82, 2.24) is 0 Å². The van der Waals surface area contributed by atoms with Gasteiger partial charge in [-0.25, -0.2) is 0 Å². The van der Waals surface area contributed by atoms with E-state index in [-0.39, 0.29) is 0 Å². The summed E-state index contributed by atoms with van der Waals surface area (Å²) in [5.41, 5.74) is 0. The van der Waals surface area contributed by atoms with Crippen molar-refractivity contribution in [3.05, 3.63) is 0 Å². The zero-order valence-corrected chi connectivity index (χ0v) is 11.0. The predicted molar refractivity (Wildman–Crippen MR) is 58.7 cm³/mol. The number of rotatable bonds is 5. The molecule has 0 heterocycles. The number of aliphatic hydroxyl groups excluding tert-OH is 1. The minimum Gasteiger partial charge on any atom is -0.420 e. The quantitative estimate of drug-likeness (QED) is 0.698. The molecule has 0 bridgehead atoms. The first-order chi connectivity index (χ1) is 5.33. The second kappa shape index (κ2) is 4.55. The van der Waals surface area contributed by atoms with Crippen LogP contribution in [0, 0.1) is 0 Å². The summed E-state index contributed by atoms with van der Waals surface area (Å²) in [5.74, 6) is 0. The van der Waals surface area contributed by atoms with E-state index in [0.29, 0.717) is 6.23 Å². The Labute approximate surface area is 78.1 Å². The van der Waals surface area contributed by atoms with Gasteiger partial charge in [0.05, 0.1) is 8.07 Å². The number of aliphatic hydroxyl groups is 1. The van der Waals surface area contributed by atoms with E-state index in [4.69, 9.17) is 9.53 Å². The Balaban J connectivity index is 3.82. The van der Waals surface area contributed by atoms with Gasteiger partial charge in [-0.05, 0) is 19.1 Å². The Kier molecular flexibility index (Phi) is 4.69. The summed E-state index contributed by atoms with van der Waals surface area (Å²) < 4.78 is 5.46. The average Bonchev–Trinajstić information content (AvgIpc) is 2.02. The minimum atomic E-state index is -1.38. The molecule has 0 saturated heterocycles. The van der Waals surface area contributed by atoms with Gasteiger partial charge >= 0.3 is 0 Å². The molecule has 0 saturated carbocycles. The van der Waals surface area contributed by atoms with Gasteiger partial charge in [0.1, 0.15) is 0 Å². The largest absolute Gasteiger partial charge is 0.420 e. The molecule has 0 rings (SSSR count). The van der Waals surface area contributed by atoms with Crippen LogP contribution < -0.4 is 0 Å². The van der Waals surface area contributed by atoms with Gasteiger partial charge in [0.15, 0.2) is 8.32 Å². The van der Waals surface area contributed by atoms with Crippen LogP contribution in [-0.4, -0.2) is 34.8 Å². The van der Waals surface area contributed by atoms with Crippen molar-refractivity contribution in [2.75, 3.05) is 13.3 Å². The first-order valence-electron chi connectivity index (χ1n) is 4.49. The average molecular weight is 206 g/mol. The van der Waals surface area contributed by atoms with Gasteiger partial charge in [-0.1, -0.05) is 19.1 Å². The molecule has 4 heteroatoms. The van der Waals surface area contributed by atoms with Gasteiger partial charge in [-0.3, -0.25) is 0 Å². The van der Waals surface area contributed by atoms with E-state index in [0.717, 1.165) is 0 Å². The molecule has 74 valence electrons. The van der Waals surface area contributed by atoms with Crippen LogP contribution in [0.5, 0.6) is 0 Å². The van der Waals surface area contributed by atoms with Crippen LogP contribution in [-0.2, 0) is 4.43 Å². The normalized spacial score (nSPS) is 13.5. The van der Waals surface area contributed by atoms with Crippen LogP contribution in [0.4, 0.5) is 0 Å². The minimum absolute atomic E-state index is 0.404. The number of hydrogen-bond acceptors (Lipinski definition) is 2. The molecule has 2 nitrogen and oxygen atoms in total. The Hall–Kier alpha value is 0.354. The van der Waals surface area contributed by atoms with Crippen LogP contribution >= 0.6 is 0 Å². The highest BCUT2D eigenvalue weighted by Gasteiger charge is 2.26. The summed E-state index contributed by atoms with van der Waals surface area (Å²) in [6.07, 6.45) is 0.404. The van der Waals surface area contributed by atoms with Gasteiger partial charge in [0, 0.05) is 13.3 Å². The summed E-state index contributed by atoms with van der Waals surface area (Å²) in [5, 5.41) is 9.10. The molecule has 0 spiro atoms. The Morgan fingerprint density at radius 2 is 1.58 bits per heavy atom. The monoisotopic (exact) mass is 206 g/mol. The van der Waals surface area contributed by atoms with Gasteiger partial charge in [0.25, 0.3) is 0 Å². The maximum Gasteiger partial charge on any atom is 0.185 e. The second-order valence-electron chi connectivity index (χ2n) is 4.79. The fourth-order valence-corrected chi connectivity index (χ4v) is 6.30. The molecule has 0 aromatic carbocycles. The van der Waals surface area contributed by atoms with Crippen molar-refractivity contribution < 1.29 is 9.53 Å². The van der Waals surface area contributed by atoms with Crippen molar-refractivity contribution in [2.24, 2.45) is 0 Å². The fraction of sp³-hybridized carbons (Fsp3) is 1.00. The second-order valence-corrected chi connectivity index (χ2v) is 14.4. The van der Waals surface area contributed by atoms with Gasteiger partial charge < -0.3 is 9.53 Å². The third-order valence-corrected chi connectivity index (χ3v) is 7.90. The molecule has 0 aromatic heterocycles.